The summed E-state index contributed by atoms with van der Waals surface area (Å²) in [5.74, 6) is 0.642. The molecule has 0 radical (unpaired) electrons. The Hall–Kier alpha value is -2.41. The van der Waals surface area contributed by atoms with Crippen LogP contribution in [0.25, 0.3) is 11.0 Å². The SMILES string of the molecule is Cc1ccc2c(c1C1CCN(CC3CCCCC3)CC1)n(C)c(=O)n2C1CCC(=O)NC1=O. The number of hydrogen-bond acceptors (Lipinski definition) is 4. The predicted molar refractivity (Wildman–Crippen MR) is 128 cm³/mol. The maximum atomic E-state index is 13.3. The lowest BCUT2D eigenvalue weighted by Gasteiger charge is -2.36. The third-order valence-electron chi connectivity index (χ3n) is 8.26. The lowest BCUT2D eigenvalue weighted by atomic mass is 9.84. The zero-order valence-electron chi connectivity index (χ0n) is 19.9. The minimum Gasteiger partial charge on any atom is -0.303 e. The Bertz CT molecular complexity index is 1120. The van der Waals surface area contributed by atoms with Crippen LogP contribution in [0.1, 0.15) is 80.9 Å². The number of benzene rings is 1. The molecule has 7 heteroatoms. The van der Waals surface area contributed by atoms with Gasteiger partial charge in [0, 0.05) is 20.0 Å². The number of aromatic nitrogens is 2. The van der Waals surface area contributed by atoms with Gasteiger partial charge in [0.05, 0.1) is 11.0 Å². The Morgan fingerprint density at radius 2 is 1.70 bits per heavy atom. The highest BCUT2D eigenvalue weighted by molar-refractivity contribution is 6.00. The van der Waals surface area contributed by atoms with Crippen LogP contribution < -0.4 is 11.0 Å². The fourth-order valence-electron chi connectivity index (χ4n) is 6.49. The number of hydrogen-bond donors (Lipinski definition) is 1. The number of imide groups is 1. The number of rotatable bonds is 4. The number of carbonyl (C=O) groups excluding carboxylic acids is 2. The van der Waals surface area contributed by atoms with Crippen molar-refractivity contribution in [2.24, 2.45) is 13.0 Å². The lowest BCUT2D eigenvalue weighted by Crippen LogP contribution is -2.44. The summed E-state index contributed by atoms with van der Waals surface area (Å²) in [5.41, 5.74) is 4.05. The summed E-state index contributed by atoms with van der Waals surface area (Å²) in [6.07, 6.45) is 9.78. The molecular weight excluding hydrogens is 416 g/mol. The first-order valence-electron chi connectivity index (χ1n) is 12.7. The average molecular weight is 453 g/mol. The highest BCUT2D eigenvalue weighted by Crippen LogP contribution is 2.37. The van der Waals surface area contributed by atoms with Gasteiger partial charge < -0.3 is 4.90 Å². The summed E-state index contributed by atoms with van der Waals surface area (Å²) in [6, 6.07) is 3.43. The van der Waals surface area contributed by atoms with Crippen molar-refractivity contribution in [3.05, 3.63) is 33.7 Å². The molecular formula is C26H36N4O3. The first-order chi connectivity index (χ1) is 15.9. The molecule has 2 aromatic rings. The van der Waals surface area contributed by atoms with Crippen molar-refractivity contribution in [1.29, 1.82) is 0 Å². The summed E-state index contributed by atoms with van der Waals surface area (Å²) >= 11 is 0. The first-order valence-corrected chi connectivity index (χ1v) is 12.7. The minimum atomic E-state index is -0.633. The zero-order chi connectivity index (χ0) is 23.1. The van der Waals surface area contributed by atoms with Crippen molar-refractivity contribution < 1.29 is 9.59 Å². The Morgan fingerprint density at radius 1 is 0.970 bits per heavy atom. The van der Waals surface area contributed by atoms with Gasteiger partial charge in [0.1, 0.15) is 6.04 Å². The molecule has 1 aliphatic carbocycles. The van der Waals surface area contributed by atoms with Crippen molar-refractivity contribution in [2.75, 3.05) is 19.6 Å². The second kappa shape index (κ2) is 9.09. The molecule has 3 fully saturated rings. The van der Waals surface area contributed by atoms with Crippen LogP contribution in [-0.2, 0) is 16.6 Å². The second-order valence-electron chi connectivity index (χ2n) is 10.4. The topological polar surface area (TPSA) is 76.3 Å². The van der Waals surface area contributed by atoms with Crippen LogP contribution in [0.4, 0.5) is 0 Å². The van der Waals surface area contributed by atoms with Crippen LogP contribution in [0.15, 0.2) is 16.9 Å². The number of carbonyl (C=O) groups is 2. The molecule has 1 aromatic heterocycles. The van der Waals surface area contributed by atoms with Crippen LogP contribution in [-0.4, -0.2) is 45.5 Å². The number of fused-ring (bicyclic) bond motifs is 1. The highest BCUT2D eigenvalue weighted by atomic mass is 16.2. The summed E-state index contributed by atoms with van der Waals surface area (Å²) < 4.78 is 3.33. The largest absolute Gasteiger partial charge is 0.329 e. The van der Waals surface area contributed by atoms with Crippen molar-refractivity contribution in [3.8, 4) is 0 Å². The fourth-order valence-corrected chi connectivity index (χ4v) is 6.49. The maximum Gasteiger partial charge on any atom is 0.329 e. The molecule has 7 nitrogen and oxygen atoms in total. The number of aryl methyl sites for hydroxylation is 2. The van der Waals surface area contributed by atoms with Gasteiger partial charge in [-0.2, -0.15) is 0 Å². The minimum absolute atomic E-state index is 0.180. The molecule has 1 saturated carbocycles. The molecule has 2 saturated heterocycles. The average Bonchev–Trinajstić information content (AvgIpc) is 3.06. The Labute approximate surface area is 195 Å². The van der Waals surface area contributed by atoms with E-state index in [4.69, 9.17) is 0 Å². The van der Waals surface area contributed by atoms with Crippen LogP contribution in [0.2, 0.25) is 0 Å². The molecule has 0 spiro atoms. The monoisotopic (exact) mass is 452 g/mol. The molecule has 3 aliphatic rings. The van der Waals surface area contributed by atoms with Gasteiger partial charge >= 0.3 is 5.69 Å². The predicted octanol–water partition coefficient (Wildman–Crippen LogP) is 3.39. The molecule has 178 valence electrons. The highest BCUT2D eigenvalue weighted by Gasteiger charge is 2.33. The van der Waals surface area contributed by atoms with E-state index in [-0.39, 0.29) is 23.9 Å². The molecule has 1 unspecified atom stereocenters. The van der Waals surface area contributed by atoms with E-state index in [1.165, 1.54) is 49.8 Å². The van der Waals surface area contributed by atoms with Gasteiger partial charge in [-0.1, -0.05) is 25.3 Å². The van der Waals surface area contributed by atoms with Crippen molar-refractivity contribution in [2.45, 2.75) is 76.7 Å². The molecule has 0 bridgehead atoms. The van der Waals surface area contributed by atoms with Crippen molar-refractivity contribution in [3.63, 3.8) is 0 Å². The number of piperidine rings is 2. The summed E-state index contributed by atoms with van der Waals surface area (Å²) in [6.45, 7) is 5.59. The van der Waals surface area contributed by atoms with Crippen molar-refractivity contribution >= 4 is 22.8 Å². The standard InChI is InChI=1S/C26H36N4O3/c1-17-8-9-20-24(28(2)26(33)30(20)21-10-11-22(31)27-25(21)32)23(17)19-12-14-29(15-13-19)16-18-6-4-3-5-7-18/h8-9,18-19,21H,3-7,10-16H2,1-2H3,(H,27,31,32). The van der Waals surface area contributed by atoms with Crippen LogP contribution >= 0.6 is 0 Å². The van der Waals surface area contributed by atoms with Gasteiger partial charge in [-0.15, -0.1) is 0 Å². The Kier molecular flexibility index (Phi) is 6.16. The number of nitrogens with zero attached hydrogens (tertiary/aromatic N) is 3. The summed E-state index contributed by atoms with van der Waals surface area (Å²) in [5, 5.41) is 2.40. The number of likely N-dealkylation sites (tertiary alicyclic amines) is 1. The van der Waals surface area contributed by atoms with E-state index >= 15 is 0 Å². The van der Waals surface area contributed by atoms with Gasteiger partial charge in [-0.25, -0.2) is 4.79 Å². The molecule has 1 N–H and O–H groups in total. The fraction of sp³-hybridized carbons (Fsp3) is 0.654. The number of imidazole rings is 1. The number of nitrogens with one attached hydrogen (secondary N) is 1. The molecule has 5 rings (SSSR count). The van der Waals surface area contributed by atoms with Gasteiger partial charge in [0.25, 0.3) is 0 Å². The summed E-state index contributed by atoms with van der Waals surface area (Å²) in [4.78, 5) is 40.1. The van der Waals surface area contributed by atoms with Crippen LogP contribution in [0.3, 0.4) is 0 Å². The maximum absolute atomic E-state index is 13.3. The van der Waals surface area contributed by atoms with Crippen LogP contribution in [0.5, 0.6) is 0 Å². The molecule has 3 heterocycles. The van der Waals surface area contributed by atoms with E-state index in [2.05, 4.69) is 23.2 Å². The summed E-state index contributed by atoms with van der Waals surface area (Å²) in [7, 11) is 1.81. The van der Waals surface area contributed by atoms with E-state index in [1.807, 2.05) is 13.1 Å². The van der Waals surface area contributed by atoms with Gasteiger partial charge in [0.2, 0.25) is 11.8 Å². The third kappa shape index (κ3) is 4.16. The third-order valence-corrected chi connectivity index (χ3v) is 8.26. The smallest absolute Gasteiger partial charge is 0.303 e. The molecule has 33 heavy (non-hydrogen) atoms. The van der Waals surface area contributed by atoms with Gasteiger partial charge in [0.15, 0.2) is 0 Å². The first kappa shape index (κ1) is 22.4. The second-order valence-corrected chi connectivity index (χ2v) is 10.4. The zero-order valence-corrected chi connectivity index (χ0v) is 19.9. The molecule has 1 atom stereocenters. The van der Waals surface area contributed by atoms with E-state index < -0.39 is 6.04 Å². The normalized spacial score (nSPS) is 23.9. The molecule has 2 amide bonds. The number of amides is 2. The van der Waals surface area contributed by atoms with Gasteiger partial charge in [-0.3, -0.25) is 24.0 Å². The van der Waals surface area contributed by atoms with E-state index in [1.54, 1.807) is 9.13 Å². The Morgan fingerprint density at radius 3 is 2.39 bits per heavy atom. The van der Waals surface area contributed by atoms with E-state index in [0.29, 0.717) is 12.3 Å². The van der Waals surface area contributed by atoms with E-state index in [0.717, 1.165) is 42.9 Å². The van der Waals surface area contributed by atoms with Crippen LogP contribution in [0, 0.1) is 12.8 Å². The van der Waals surface area contributed by atoms with Gasteiger partial charge in [-0.05, 0) is 81.1 Å². The Balaban J connectivity index is 1.42. The molecule has 2 aliphatic heterocycles. The molecule has 1 aromatic carbocycles. The lowest BCUT2D eigenvalue weighted by molar-refractivity contribution is -0.135. The quantitative estimate of drug-likeness (QED) is 0.722. The van der Waals surface area contributed by atoms with Crippen molar-refractivity contribution in [1.82, 2.24) is 19.4 Å². The van der Waals surface area contributed by atoms with E-state index in [9.17, 15) is 14.4 Å².